The predicted octanol–water partition coefficient (Wildman–Crippen LogP) is 3.81. The smallest absolute Gasteiger partial charge is 0.277 e. The van der Waals surface area contributed by atoms with Gasteiger partial charge in [0.25, 0.3) is 5.91 Å². The number of hydrogen-bond donors (Lipinski definition) is 3. The minimum Gasteiger partial charge on any atom is -0.377 e. The molecule has 0 saturated heterocycles. The molecule has 0 atom stereocenters. The number of hydrogen-bond acceptors (Lipinski definition) is 6. The number of alkyl halides is 1. The molecule has 30 heavy (non-hydrogen) atoms. The molecule has 156 valence electrons. The molecule has 3 N–H and O–H groups in total. The van der Waals surface area contributed by atoms with Crippen molar-refractivity contribution < 1.29 is 9.18 Å². The van der Waals surface area contributed by atoms with Gasteiger partial charge in [-0.2, -0.15) is 0 Å². The second-order valence-corrected chi connectivity index (χ2v) is 7.64. The molecule has 3 rings (SSSR count). The minimum absolute atomic E-state index is 0.280. The number of carbonyl (C=O) groups is 1. The van der Waals surface area contributed by atoms with Crippen molar-refractivity contribution in [3.8, 4) is 0 Å². The number of carbonyl (C=O) groups excluding carboxylic acids is 1. The summed E-state index contributed by atoms with van der Waals surface area (Å²) in [5, 5.41) is 14.7. The summed E-state index contributed by atoms with van der Waals surface area (Å²) in [5.74, 6) is -0.311. The maximum absolute atomic E-state index is 13.3. The first-order chi connectivity index (χ1) is 14.5. The van der Waals surface area contributed by atoms with Crippen molar-refractivity contribution in [3.05, 3.63) is 64.7 Å². The Labute approximate surface area is 183 Å². The average Bonchev–Trinajstić information content (AvgIpc) is 3.28. The number of nitrogens with zero attached hydrogens (tertiary/aromatic N) is 3. The van der Waals surface area contributed by atoms with Gasteiger partial charge in [0.1, 0.15) is 6.67 Å². The second kappa shape index (κ2) is 10.1. The van der Waals surface area contributed by atoms with Gasteiger partial charge in [-0.15, -0.1) is 5.10 Å². The number of amides is 1. The molecule has 0 bridgehead atoms. The number of halogens is 1. The summed E-state index contributed by atoms with van der Waals surface area (Å²) in [6.45, 7) is -0.0473. The topological polar surface area (TPSA) is 82.2 Å². The lowest BCUT2D eigenvalue weighted by Gasteiger charge is -2.17. The Balaban J connectivity index is 1.52. The fourth-order valence-corrected chi connectivity index (χ4v) is 3.37. The van der Waals surface area contributed by atoms with Crippen molar-refractivity contribution in [1.82, 2.24) is 14.9 Å². The summed E-state index contributed by atoms with van der Waals surface area (Å²) in [6.07, 6.45) is 0. The Morgan fingerprint density at radius 2 is 1.83 bits per heavy atom. The van der Waals surface area contributed by atoms with Crippen LogP contribution in [-0.4, -0.2) is 34.7 Å². The lowest BCUT2D eigenvalue weighted by molar-refractivity contribution is 0.102. The summed E-state index contributed by atoms with van der Waals surface area (Å²) >= 11 is 6.45. The Morgan fingerprint density at radius 3 is 2.43 bits per heavy atom. The molecule has 0 radical (unpaired) electrons. The highest BCUT2D eigenvalue weighted by atomic mass is 32.1. The van der Waals surface area contributed by atoms with Gasteiger partial charge in [0.2, 0.25) is 0 Å². The van der Waals surface area contributed by atoms with Crippen LogP contribution in [0.3, 0.4) is 0 Å². The van der Waals surface area contributed by atoms with E-state index in [1.165, 1.54) is 0 Å². The first kappa shape index (κ1) is 21.6. The van der Waals surface area contributed by atoms with E-state index >= 15 is 0 Å². The van der Waals surface area contributed by atoms with Crippen LogP contribution in [0.4, 0.5) is 21.5 Å². The molecule has 10 heteroatoms. The third kappa shape index (κ3) is 5.71. The highest BCUT2D eigenvalue weighted by molar-refractivity contribution is 7.80. The van der Waals surface area contributed by atoms with E-state index in [-0.39, 0.29) is 11.6 Å². The van der Waals surface area contributed by atoms with Gasteiger partial charge in [-0.3, -0.25) is 4.79 Å². The molecule has 0 aliphatic rings. The van der Waals surface area contributed by atoms with Gasteiger partial charge >= 0.3 is 0 Å². The molecule has 1 aromatic heterocycles. The molecule has 7 nitrogen and oxygen atoms in total. The largest absolute Gasteiger partial charge is 0.377 e. The predicted molar refractivity (Wildman–Crippen MR) is 123 cm³/mol. The third-order valence-corrected chi connectivity index (χ3v) is 4.97. The zero-order valence-electron chi connectivity index (χ0n) is 16.5. The number of benzene rings is 2. The first-order valence-corrected chi connectivity index (χ1v) is 10.3. The highest BCUT2D eigenvalue weighted by Gasteiger charge is 2.09. The summed E-state index contributed by atoms with van der Waals surface area (Å²) < 4.78 is 17.0. The van der Waals surface area contributed by atoms with E-state index in [0.717, 1.165) is 28.5 Å². The quantitative estimate of drug-likeness (QED) is 0.478. The summed E-state index contributed by atoms with van der Waals surface area (Å²) in [7, 11) is 3.77. The van der Waals surface area contributed by atoms with E-state index in [4.69, 9.17) is 12.2 Å². The van der Waals surface area contributed by atoms with Crippen LogP contribution in [0.25, 0.3) is 0 Å². The van der Waals surface area contributed by atoms with E-state index in [2.05, 4.69) is 25.5 Å². The second-order valence-electron chi connectivity index (χ2n) is 6.62. The van der Waals surface area contributed by atoms with Gasteiger partial charge in [-0.25, -0.2) is 4.39 Å². The normalized spacial score (nSPS) is 10.4. The zero-order chi connectivity index (χ0) is 21.5. The van der Waals surface area contributed by atoms with Gasteiger partial charge in [-0.05, 0) is 65.7 Å². The van der Waals surface area contributed by atoms with Crippen molar-refractivity contribution in [1.29, 1.82) is 0 Å². The van der Waals surface area contributed by atoms with E-state index in [1.807, 2.05) is 37.2 Å². The van der Waals surface area contributed by atoms with Gasteiger partial charge < -0.3 is 20.9 Å². The van der Waals surface area contributed by atoms with Crippen molar-refractivity contribution in [2.24, 2.45) is 0 Å². The molecule has 1 amide bonds. The van der Waals surface area contributed by atoms with E-state index < -0.39 is 6.67 Å². The van der Waals surface area contributed by atoms with E-state index in [1.54, 1.807) is 29.6 Å². The molecule has 3 aromatic rings. The summed E-state index contributed by atoms with van der Waals surface area (Å²) in [4.78, 5) is 13.9. The number of aromatic nitrogens is 2. The Kier molecular flexibility index (Phi) is 7.26. The van der Waals surface area contributed by atoms with Crippen LogP contribution < -0.4 is 20.9 Å². The van der Waals surface area contributed by atoms with Crippen LogP contribution in [0.2, 0.25) is 0 Å². The molecule has 0 spiro atoms. The third-order valence-electron chi connectivity index (χ3n) is 4.22. The fraction of sp³-hybridized carbons (Fsp3) is 0.200. The molecular formula is C20H21FN6OS2. The Morgan fingerprint density at radius 1 is 1.13 bits per heavy atom. The SMILES string of the molecule is CN(C)c1ccc(CNC(=S)Nc2ccc(NC(=O)c3csnn3)cc2)cc1CF. The summed E-state index contributed by atoms with van der Waals surface area (Å²) in [6, 6.07) is 12.8. The molecule has 0 unspecified atom stereocenters. The van der Waals surface area contributed by atoms with Crippen LogP contribution in [0, 0.1) is 0 Å². The molecule has 1 heterocycles. The molecule has 0 aliphatic carbocycles. The van der Waals surface area contributed by atoms with Gasteiger partial charge in [0, 0.05) is 48.6 Å². The standard InChI is InChI=1S/C20H21FN6OS2/c1-27(2)18-8-3-13(9-14(18)10-21)11-22-20(29)24-16-6-4-15(5-7-16)23-19(28)17-12-30-26-25-17/h3-9,12H,10-11H2,1-2H3,(H,23,28)(H2,22,24,29). The first-order valence-electron chi connectivity index (χ1n) is 9.04. The van der Waals surface area contributed by atoms with Crippen molar-refractivity contribution in [2.45, 2.75) is 13.2 Å². The maximum atomic E-state index is 13.3. The highest BCUT2D eigenvalue weighted by Crippen LogP contribution is 2.21. The number of nitrogens with one attached hydrogen (secondary N) is 3. The van der Waals surface area contributed by atoms with Crippen LogP contribution in [0.1, 0.15) is 21.6 Å². The lowest BCUT2D eigenvalue weighted by atomic mass is 10.1. The zero-order valence-corrected chi connectivity index (χ0v) is 18.1. The van der Waals surface area contributed by atoms with Crippen LogP contribution >= 0.6 is 23.8 Å². The molecule has 0 fully saturated rings. The monoisotopic (exact) mass is 444 g/mol. The van der Waals surface area contributed by atoms with Crippen molar-refractivity contribution in [2.75, 3.05) is 29.6 Å². The average molecular weight is 445 g/mol. The van der Waals surface area contributed by atoms with E-state index in [9.17, 15) is 9.18 Å². The maximum Gasteiger partial charge on any atom is 0.277 e. The Bertz CT molecular complexity index is 1010. The lowest BCUT2D eigenvalue weighted by Crippen LogP contribution is -2.28. The van der Waals surface area contributed by atoms with Gasteiger partial charge in [-0.1, -0.05) is 10.6 Å². The number of rotatable bonds is 7. The van der Waals surface area contributed by atoms with Crippen molar-refractivity contribution in [3.63, 3.8) is 0 Å². The molecule has 2 aromatic carbocycles. The molecule has 0 aliphatic heterocycles. The number of thiocarbonyl (C=S) groups is 1. The van der Waals surface area contributed by atoms with Crippen LogP contribution in [0.15, 0.2) is 47.8 Å². The minimum atomic E-state index is -0.522. The summed E-state index contributed by atoms with van der Waals surface area (Å²) in [5.41, 5.74) is 4.13. The van der Waals surface area contributed by atoms with Crippen molar-refractivity contribution >= 4 is 51.8 Å². The van der Waals surface area contributed by atoms with Gasteiger partial charge in [0.15, 0.2) is 10.8 Å². The molecule has 0 saturated carbocycles. The fourth-order valence-electron chi connectivity index (χ4n) is 2.75. The molecular weight excluding hydrogens is 423 g/mol. The van der Waals surface area contributed by atoms with Crippen LogP contribution in [-0.2, 0) is 13.2 Å². The Hall–Kier alpha value is -3.11. The number of anilines is 3. The van der Waals surface area contributed by atoms with Crippen LogP contribution in [0.5, 0.6) is 0 Å². The van der Waals surface area contributed by atoms with Gasteiger partial charge in [0.05, 0.1) is 0 Å². The van der Waals surface area contributed by atoms with E-state index in [0.29, 0.717) is 22.9 Å².